The molecule has 2 nitrogen and oxygen atoms in total. The number of hydrogen-bond donors (Lipinski definition) is 1. The van der Waals surface area contributed by atoms with Crippen LogP contribution in [0.25, 0.3) is 0 Å². The fourth-order valence-electron chi connectivity index (χ4n) is 2.99. The second-order valence-electron chi connectivity index (χ2n) is 5.92. The van der Waals surface area contributed by atoms with Gasteiger partial charge in [-0.25, -0.2) is 0 Å². The summed E-state index contributed by atoms with van der Waals surface area (Å²) in [6, 6.07) is 19.0. The van der Waals surface area contributed by atoms with Crippen LogP contribution in [0, 0.1) is 0 Å². The molecular formula is C19H23NO. The summed E-state index contributed by atoms with van der Waals surface area (Å²) in [5.41, 5.74) is 9.27. The van der Waals surface area contributed by atoms with Gasteiger partial charge < -0.3 is 10.5 Å². The first-order valence-corrected chi connectivity index (χ1v) is 7.80. The molecule has 0 amide bonds. The van der Waals surface area contributed by atoms with Gasteiger partial charge >= 0.3 is 0 Å². The summed E-state index contributed by atoms with van der Waals surface area (Å²) < 4.78 is 5.63. The molecule has 0 aromatic heterocycles. The number of nitrogens with two attached hydrogens (primary N) is 1. The summed E-state index contributed by atoms with van der Waals surface area (Å²) in [7, 11) is 0. The zero-order valence-corrected chi connectivity index (χ0v) is 12.6. The molecule has 2 aromatic carbocycles. The lowest BCUT2D eigenvalue weighted by Gasteiger charge is -2.24. The zero-order valence-electron chi connectivity index (χ0n) is 12.6. The predicted molar refractivity (Wildman–Crippen MR) is 86.5 cm³/mol. The van der Waals surface area contributed by atoms with Crippen LogP contribution in [0.1, 0.15) is 43.4 Å². The fourth-order valence-corrected chi connectivity index (χ4v) is 2.99. The van der Waals surface area contributed by atoms with Gasteiger partial charge in [0.05, 0.1) is 6.61 Å². The van der Waals surface area contributed by atoms with Gasteiger partial charge in [0.25, 0.3) is 0 Å². The summed E-state index contributed by atoms with van der Waals surface area (Å²) in [6.07, 6.45) is 3.37. The number of ether oxygens (including phenoxy) is 1. The van der Waals surface area contributed by atoms with Gasteiger partial charge in [0.15, 0.2) is 0 Å². The molecule has 3 rings (SSSR count). The lowest BCUT2D eigenvalue weighted by Crippen LogP contribution is -2.26. The van der Waals surface area contributed by atoms with Crippen LogP contribution in [0.4, 0.5) is 0 Å². The summed E-state index contributed by atoms with van der Waals surface area (Å²) in [4.78, 5) is 0. The minimum absolute atomic E-state index is 0.0557. The third-order valence-corrected chi connectivity index (χ3v) is 4.44. The van der Waals surface area contributed by atoms with Crippen molar-refractivity contribution in [1.82, 2.24) is 0 Å². The van der Waals surface area contributed by atoms with E-state index in [1.54, 1.807) is 0 Å². The summed E-state index contributed by atoms with van der Waals surface area (Å²) in [5.74, 6) is 0.928. The Morgan fingerprint density at radius 2 is 1.71 bits per heavy atom. The van der Waals surface area contributed by atoms with Crippen molar-refractivity contribution in [2.24, 2.45) is 5.73 Å². The molecule has 1 fully saturated rings. The summed E-state index contributed by atoms with van der Waals surface area (Å²) in [5, 5.41) is 0. The Kier molecular flexibility index (Phi) is 3.98. The lowest BCUT2D eigenvalue weighted by molar-refractivity contribution is 0.317. The predicted octanol–water partition coefficient (Wildman–Crippen LogP) is 4.21. The highest BCUT2D eigenvalue weighted by Gasteiger charge is 2.49. The first-order chi connectivity index (χ1) is 10.3. The number of rotatable bonds is 6. The lowest BCUT2D eigenvalue weighted by atomic mass is 9.84. The fraction of sp³-hybridized carbons (Fsp3) is 0.368. The molecular weight excluding hydrogens is 258 g/mol. The van der Waals surface area contributed by atoms with E-state index in [4.69, 9.17) is 10.5 Å². The maximum atomic E-state index is 6.58. The summed E-state index contributed by atoms with van der Waals surface area (Å²) >= 11 is 0. The van der Waals surface area contributed by atoms with Crippen LogP contribution in [0.2, 0.25) is 0 Å². The van der Waals surface area contributed by atoms with Crippen LogP contribution in [-0.4, -0.2) is 6.61 Å². The zero-order chi connectivity index (χ0) is 14.7. The minimum Gasteiger partial charge on any atom is -0.494 e. The van der Waals surface area contributed by atoms with Crippen LogP contribution in [0.15, 0.2) is 54.6 Å². The highest BCUT2D eigenvalue weighted by Crippen LogP contribution is 2.55. The van der Waals surface area contributed by atoms with Gasteiger partial charge in [-0.05, 0) is 42.5 Å². The van der Waals surface area contributed by atoms with E-state index in [-0.39, 0.29) is 11.5 Å². The third kappa shape index (κ3) is 2.81. The van der Waals surface area contributed by atoms with Crippen molar-refractivity contribution in [3.8, 4) is 5.75 Å². The molecule has 2 heteroatoms. The molecule has 1 aliphatic carbocycles. The molecule has 110 valence electrons. The van der Waals surface area contributed by atoms with Crippen LogP contribution in [0.3, 0.4) is 0 Å². The van der Waals surface area contributed by atoms with Crippen LogP contribution < -0.4 is 10.5 Å². The molecule has 1 atom stereocenters. The molecule has 0 aliphatic heterocycles. The van der Waals surface area contributed by atoms with E-state index in [9.17, 15) is 0 Å². The molecule has 1 saturated carbocycles. The molecule has 0 bridgehead atoms. The maximum absolute atomic E-state index is 6.58. The van der Waals surface area contributed by atoms with Crippen molar-refractivity contribution in [2.75, 3.05) is 6.61 Å². The summed E-state index contributed by atoms with van der Waals surface area (Å²) in [6.45, 7) is 2.88. The van der Waals surface area contributed by atoms with Crippen molar-refractivity contribution in [1.29, 1.82) is 0 Å². The molecule has 2 aromatic rings. The molecule has 0 saturated heterocycles. The van der Waals surface area contributed by atoms with Crippen LogP contribution in [0.5, 0.6) is 5.75 Å². The number of benzene rings is 2. The highest BCUT2D eigenvalue weighted by atomic mass is 16.5. The Labute approximate surface area is 126 Å². The normalized spacial score (nSPS) is 17.2. The molecule has 21 heavy (non-hydrogen) atoms. The van der Waals surface area contributed by atoms with E-state index >= 15 is 0 Å². The molecule has 1 unspecified atom stereocenters. The average Bonchev–Trinajstić information content (AvgIpc) is 3.35. The van der Waals surface area contributed by atoms with E-state index in [0.29, 0.717) is 0 Å². The first kappa shape index (κ1) is 14.2. The standard InChI is InChI=1S/C19H23NO/c1-2-14-21-17-10-8-15(9-11-17)18(20)19(12-13-19)16-6-4-3-5-7-16/h3-11,18H,2,12-14,20H2,1H3. The Hall–Kier alpha value is -1.80. The van der Waals surface area contributed by atoms with Gasteiger partial charge in [0.1, 0.15) is 5.75 Å². The van der Waals surface area contributed by atoms with Crippen molar-refractivity contribution >= 4 is 0 Å². The van der Waals surface area contributed by atoms with Gasteiger partial charge in [-0.2, -0.15) is 0 Å². The van der Waals surface area contributed by atoms with Crippen LogP contribution >= 0.6 is 0 Å². The Morgan fingerprint density at radius 3 is 2.29 bits per heavy atom. The van der Waals surface area contributed by atoms with Crippen molar-refractivity contribution in [3.05, 3.63) is 65.7 Å². The number of hydrogen-bond acceptors (Lipinski definition) is 2. The third-order valence-electron chi connectivity index (χ3n) is 4.44. The molecule has 0 radical (unpaired) electrons. The van der Waals surface area contributed by atoms with Crippen molar-refractivity contribution in [3.63, 3.8) is 0 Å². The average molecular weight is 281 g/mol. The highest BCUT2D eigenvalue weighted by molar-refractivity contribution is 5.39. The van der Waals surface area contributed by atoms with E-state index in [1.807, 2.05) is 12.1 Å². The van der Waals surface area contributed by atoms with E-state index < -0.39 is 0 Å². The smallest absolute Gasteiger partial charge is 0.119 e. The Bertz CT molecular complexity index is 572. The Morgan fingerprint density at radius 1 is 1.05 bits per heavy atom. The second kappa shape index (κ2) is 5.90. The van der Waals surface area contributed by atoms with Gasteiger partial charge in [-0.1, -0.05) is 49.4 Å². The van der Waals surface area contributed by atoms with Crippen molar-refractivity contribution < 1.29 is 4.74 Å². The minimum atomic E-state index is 0.0557. The second-order valence-corrected chi connectivity index (χ2v) is 5.92. The molecule has 0 spiro atoms. The van der Waals surface area contributed by atoms with Crippen LogP contribution in [-0.2, 0) is 5.41 Å². The quantitative estimate of drug-likeness (QED) is 0.861. The van der Waals surface area contributed by atoms with E-state index in [1.165, 1.54) is 24.0 Å². The van der Waals surface area contributed by atoms with Gasteiger partial charge in [-0.3, -0.25) is 0 Å². The van der Waals surface area contributed by atoms with Gasteiger partial charge in [0.2, 0.25) is 0 Å². The first-order valence-electron chi connectivity index (χ1n) is 7.80. The van der Waals surface area contributed by atoms with Crippen molar-refractivity contribution in [2.45, 2.75) is 37.6 Å². The van der Waals surface area contributed by atoms with Gasteiger partial charge in [0, 0.05) is 11.5 Å². The molecule has 1 aliphatic rings. The topological polar surface area (TPSA) is 35.2 Å². The maximum Gasteiger partial charge on any atom is 0.119 e. The SMILES string of the molecule is CCCOc1ccc(C(N)C2(c3ccccc3)CC2)cc1. The molecule has 2 N–H and O–H groups in total. The Balaban J connectivity index is 1.77. The van der Waals surface area contributed by atoms with Gasteiger partial charge in [-0.15, -0.1) is 0 Å². The van der Waals surface area contributed by atoms with E-state index in [0.717, 1.165) is 18.8 Å². The van der Waals surface area contributed by atoms with E-state index in [2.05, 4.69) is 49.4 Å². The monoisotopic (exact) mass is 281 g/mol. The molecule has 0 heterocycles. The largest absolute Gasteiger partial charge is 0.494 e.